The molecule has 0 atom stereocenters. The van der Waals surface area contributed by atoms with Crippen LogP contribution >= 0.6 is 0 Å². The van der Waals surface area contributed by atoms with Crippen LogP contribution in [0.1, 0.15) is 71.0 Å². The smallest absolute Gasteiger partial charge is 0.376 e. The molecule has 7 rings (SSSR count). The van der Waals surface area contributed by atoms with E-state index in [1.54, 1.807) is 6.07 Å². The van der Waals surface area contributed by atoms with Crippen molar-refractivity contribution in [2.24, 2.45) is 0 Å². The summed E-state index contributed by atoms with van der Waals surface area (Å²) >= 11 is 0. The van der Waals surface area contributed by atoms with Crippen LogP contribution in [0.25, 0.3) is 21.5 Å². The summed E-state index contributed by atoms with van der Waals surface area (Å²) in [6.45, 7) is 4.87. The van der Waals surface area contributed by atoms with Crippen molar-refractivity contribution in [2.45, 2.75) is 55.9 Å². The maximum Gasteiger partial charge on any atom is 0.534 e. The number of fused-ring (bicyclic) bond motifs is 2. The third-order valence-corrected chi connectivity index (χ3v) is 11.6. The topological polar surface area (TPSA) is 79.0 Å². The van der Waals surface area contributed by atoms with Crippen molar-refractivity contribution in [1.29, 1.82) is 0 Å². The zero-order valence-electron chi connectivity index (χ0n) is 30.8. The van der Waals surface area contributed by atoms with Crippen molar-refractivity contribution in [3.63, 3.8) is 0 Å². The molecule has 1 N–H and O–H groups in total. The summed E-state index contributed by atoms with van der Waals surface area (Å²) in [5, 5.41) is 7.12. The van der Waals surface area contributed by atoms with Gasteiger partial charge in [-0.1, -0.05) is 78.9 Å². The number of piperidine rings is 2. The van der Waals surface area contributed by atoms with Crippen LogP contribution in [0.3, 0.4) is 0 Å². The molecule has 54 heavy (non-hydrogen) atoms. The molecule has 5 aromatic rings. The third kappa shape index (κ3) is 9.80. The fraction of sp³-hybridized carbons (Fsp3) is 0.372. The molecule has 0 spiro atoms. The van der Waals surface area contributed by atoms with Gasteiger partial charge in [0.1, 0.15) is 5.75 Å². The molecule has 11 heteroatoms. The fourth-order valence-electron chi connectivity index (χ4n) is 7.53. The van der Waals surface area contributed by atoms with Crippen LogP contribution in [0.15, 0.2) is 103 Å². The number of aryl methyl sites for hydroxylation is 1. The van der Waals surface area contributed by atoms with Crippen LogP contribution in [-0.2, 0) is 16.5 Å². The quantitative estimate of drug-likeness (QED) is 0.0920. The number of benzene rings is 5. The van der Waals surface area contributed by atoms with Gasteiger partial charge >= 0.3 is 15.6 Å². The lowest BCUT2D eigenvalue weighted by atomic mass is 9.86. The second kappa shape index (κ2) is 17.3. The monoisotopic (exact) mass is 759 g/mol. The number of rotatable bonds is 9. The molecule has 2 aliphatic heterocycles. The Hall–Kier alpha value is -4.45. The van der Waals surface area contributed by atoms with Gasteiger partial charge in [-0.15, -0.1) is 0 Å². The number of carbonyl (C=O) groups is 1. The lowest BCUT2D eigenvalue weighted by molar-refractivity contribution is -0.0500. The Balaban J connectivity index is 0.000000186. The van der Waals surface area contributed by atoms with Gasteiger partial charge in [0.15, 0.2) is 0 Å². The van der Waals surface area contributed by atoms with Crippen LogP contribution in [-0.4, -0.2) is 76.5 Å². The van der Waals surface area contributed by atoms with E-state index in [4.69, 9.17) is 0 Å². The summed E-state index contributed by atoms with van der Waals surface area (Å²) in [6, 6.07) is 33.0. The van der Waals surface area contributed by atoms with Crippen molar-refractivity contribution in [3.05, 3.63) is 125 Å². The molecule has 2 fully saturated rings. The summed E-state index contributed by atoms with van der Waals surface area (Å²) in [6.07, 6.45) is 6.20. The van der Waals surface area contributed by atoms with E-state index in [9.17, 15) is 26.4 Å². The molecule has 7 nitrogen and oxygen atoms in total. The zero-order valence-corrected chi connectivity index (χ0v) is 31.6. The molecule has 1 amide bonds. The first-order chi connectivity index (χ1) is 25.9. The van der Waals surface area contributed by atoms with Crippen LogP contribution in [0.2, 0.25) is 0 Å². The molecule has 0 unspecified atom stereocenters. The SMILES string of the molecule is CN1CCC(c2cccc3ccc(C(=O)NCCCc4ccccc4)cc23)CC1.CN1CCC(c2cccc3ccc(OS(=O)(=O)C(F)(F)F)cc23)CC1. The minimum atomic E-state index is -5.67. The minimum Gasteiger partial charge on any atom is -0.376 e. The number of likely N-dealkylation sites (tertiary alicyclic amines) is 2. The van der Waals surface area contributed by atoms with Gasteiger partial charge in [-0.3, -0.25) is 4.79 Å². The predicted octanol–water partition coefficient (Wildman–Crippen LogP) is 8.89. The molecule has 2 heterocycles. The number of halogens is 3. The Bertz CT molecular complexity index is 2140. The Morgan fingerprint density at radius 1 is 0.722 bits per heavy atom. The number of carbonyl (C=O) groups excluding carboxylic acids is 1. The summed E-state index contributed by atoms with van der Waals surface area (Å²) < 4.78 is 64.3. The van der Waals surface area contributed by atoms with Crippen molar-refractivity contribution >= 4 is 37.6 Å². The first-order valence-corrected chi connectivity index (χ1v) is 20.0. The first kappa shape index (κ1) is 39.2. The lowest BCUT2D eigenvalue weighted by Crippen LogP contribution is -2.29. The van der Waals surface area contributed by atoms with Crippen LogP contribution in [0.5, 0.6) is 5.75 Å². The summed E-state index contributed by atoms with van der Waals surface area (Å²) in [7, 11) is -1.43. The highest BCUT2D eigenvalue weighted by Gasteiger charge is 2.48. The van der Waals surface area contributed by atoms with E-state index < -0.39 is 15.6 Å². The van der Waals surface area contributed by atoms with Crippen molar-refractivity contribution < 1.29 is 30.6 Å². The Kier molecular flexibility index (Phi) is 12.6. The summed E-state index contributed by atoms with van der Waals surface area (Å²) in [5.41, 5.74) is -0.960. The van der Waals surface area contributed by atoms with E-state index in [0.29, 0.717) is 12.5 Å². The fourth-order valence-corrected chi connectivity index (χ4v) is 7.98. The number of amides is 1. The molecular weight excluding hydrogens is 712 g/mol. The maximum atomic E-state index is 12.7. The number of nitrogens with one attached hydrogen (secondary N) is 1. The highest BCUT2D eigenvalue weighted by atomic mass is 32.2. The predicted molar refractivity (Wildman–Crippen MR) is 210 cm³/mol. The van der Waals surface area contributed by atoms with E-state index in [1.165, 1.54) is 46.9 Å². The molecule has 0 bridgehead atoms. The van der Waals surface area contributed by atoms with Crippen LogP contribution < -0.4 is 9.50 Å². The molecule has 5 aromatic carbocycles. The zero-order chi connectivity index (χ0) is 38.3. The third-order valence-electron chi connectivity index (χ3n) is 10.6. The van der Waals surface area contributed by atoms with E-state index in [2.05, 4.69) is 80.9 Å². The van der Waals surface area contributed by atoms with Crippen LogP contribution in [0.4, 0.5) is 13.2 Å². The van der Waals surface area contributed by atoms with Gasteiger partial charge in [0, 0.05) is 12.1 Å². The summed E-state index contributed by atoms with van der Waals surface area (Å²) in [4.78, 5) is 17.3. The normalized spacial score (nSPS) is 16.5. The molecule has 0 radical (unpaired) electrons. The molecule has 2 aliphatic rings. The van der Waals surface area contributed by atoms with E-state index in [0.717, 1.165) is 73.8 Å². The van der Waals surface area contributed by atoms with E-state index in [-0.39, 0.29) is 17.6 Å². The van der Waals surface area contributed by atoms with E-state index >= 15 is 0 Å². The lowest BCUT2D eigenvalue weighted by Gasteiger charge is -2.30. The van der Waals surface area contributed by atoms with Gasteiger partial charge in [0.2, 0.25) is 0 Å². The van der Waals surface area contributed by atoms with Crippen molar-refractivity contribution in [2.75, 3.05) is 46.8 Å². The molecule has 2 saturated heterocycles. The number of hydrogen-bond donors (Lipinski definition) is 1. The molecule has 0 aromatic heterocycles. The number of alkyl halides is 3. The maximum absolute atomic E-state index is 12.7. The second-order valence-electron chi connectivity index (χ2n) is 14.5. The Morgan fingerprint density at radius 3 is 1.81 bits per heavy atom. The van der Waals surface area contributed by atoms with Crippen molar-refractivity contribution in [3.8, 4) is 5.75 Å². The van der Waals surface area contributed by atoms with Gasteiger partial charge in [0.05, 0.1) is 0 Å². The van der Waals surface area contributed by atoms with E-state index in [1.807, 2.05) is 37.4 Å². The number of nitrogens with zero attached hydrogens (tertiary/aromatic N) is 2. The summed E-state index contributed by atoms with van der Waals surface area (Å²) in [5.74, 6) is 0.566. The molecule has 0 saturated carbocycles. The van der Waals surface area contributed by atoms with Crippen LogP contribution in [0, 0.1) is 0 Å². The standard InChI is InChI=1S/C26H30N2O.C17H18F3NO3S/c1-28-17-14-22(15-18-28)24-11-5-10-21-12-13-23(19-25(21)24)26(29)27-16-6-9-20-7-3-2-4-8-20;1-21-9-7-13(8-10-21)15-4-2-3-12-5-6-14(11-16(12)15)24-25(22,23)17(18,19)20/h2-5,7-8,10-13,19,22H,6,9,14-18H2,1H3,(H,27,29);2-6,11,13H,7-10H2,1H3. The largest absolute Gasteiger partial charge is 0.534 e. The average Bonchev–Trinajstić information content (AvgIpc) is 3.16. The second-order valence-corrected chi connectivity index (χ2v) is 16.0. The number of hydrogen-bond acceptors (Lipinski definition) is 6. The molecule has 286 valence electrons. The Labute approximate surface area is 316 Å². The first-order valence-electron chi connectivity index (χ1n) is 18.6. The van der Waals surface area contributed by atoms with Crippen molar-refractivity contribution in [1.82, 2.24) is 15.1 Å². The highest BCUT2D eigenvalue weighted by molar-refractivity contribution is 7.88. The minimum absolute atomic E-state index is 0.0261. The Morgan fingerprint density at radius 2 is 1.26 bits per heavy atom. The molecular formula is C43H48F3N3O4S. The van der Waals surface area contributed by atoms with Gasteiger partial charge in [-0.05, 0) is 153 Å². The molecule has 0 aliphatic carbocycles. The average molecular weight is 760 g/mol. The van der Waals surface area contributed by atoms with Gasteiger partial charge in [-0.25, -0.2) is 0 Å². The van der Waals surface area contributed by atoms with Gasteiger partial charge < -0.3 is 19.3 Å². The van der Waals surface area contributed by atoms with Gasteiger partial charge in [-0.2, -0.15) is 21.6 Å². The highest BCUT2D eigenvalue weighted by Crippen LogP contribution is 2.36. The van der Waals surface area contributed by atoms with Gasteiger partial charge in [0.25, 0.3) is 5.91 Å².